The van der Waals surface area contributed by atoms with E-state index >= 15 is 0 Å². The minimum absolute atomic E-state index is 0.0615. The molecule has 17 heavy (non-hydrogen) atoms. The number of rotatable bonds is 4. The Morgan fingerprint density at radius 1 is 1.53 bits per heavy atom. The van der Waals surface area contributed by atoms with Crippen LogP contribution in [0.2, 0.25) is 0 Å². The van der Waals surface area contributed by atoms with Crippen LogP contribution in [0.1, 0.15) is 12.0 Å². The molecule has 1 amide bonds. The van der Waals surface area contributed by atoms with Gasteiger partial charge in [-0.2, -0.15) is 0 Å². The summed E-state index contributed by atoms with van der Waals surface area (Å²) in [5, 5.41) is 3.22. The first-order valence-electron chi connectivity index (χ1n) is 5.89. The van der Waals surface area contributed by atoms with Crippen LogP contribution in [0.5, 0.6) is 0 Å². The molecule has 1 atom stereocenters. The van der Waals surface area contributed by atoms with Gasteiger partial charge in [-0.3, -0.25) is 4.79 Å². The van der Waals surface area contributed by atoms with E-state index in [1.54, 1.807) is 11.0 Å². The standard InChI is InChI=1S/C13H17FN2O/c1-16-8-6-12(13(16)17)15-7-5-10-3-2-4-11(14)9-10/h2-4,9,12,15H,5-8H2,1H3. The van der Waals surface area contributed by atoms with Crippen LogP contribution in [0.4, 0.5) is 4.39 Å². The van der Waals surface area contributed by atoms with Crippen LogP contribution in [0.3, 0.4) is 0 Å². The first kappa shape index (κ1) is 12.0. The normalized spacial score (nSPS) is 20.0. The van der Waals surface area contributed by atoms with Gasteiger partial charge in [0.15, 0.2) is 0 Å². The highest BCUT2D eigenvalue weighted by atomic mass is 19.1. The first-order chi connectivity index (χ1) is 8.16. The second kappa shape index (κ2) is 5.27. The van der Waals surface area contributed by atoms with Gasteiger partial charge in [-0.25, -0.2) is 4.39 Å². The zero-order valence-electron chi connectivity index (χ0n) is 9.95. The highest BCUT2D eigenvalue weighted by Gasteiger charge is 2.27. The van der Waals surface area contributed by atoms with Crippen LogP contribution in [-0.2, 0) is 11.2 Å². The first-order valence-corrected chi connectivity index (χ1v) is 5.89. The van der Waals surface area contributed by atoms with Gasteiger partial charge in [-0.15, -0.1) is 0 Å². The molecule has 1 aromatic carbocycles. The Morgan fingerprint density at radius 3 is 3.00 bits per heavy atom. The van der Waals surface area contributed by atoms with Crippen molar-refractivity contribution < 1.29 is 9.18 Å². The monoisotopic (exact) mass is 236 g/mol. The maximum absolute atomic E-state index is 12.9. The van der Waals surface area contributed by atoms with Crippen LogP contribution in [0.15, 0.2) is 24.3 Å². The molecule has 1 unspecified atom stereocenters. The third-order valence-electron chi connectivity index (χ3n) is 3.12. The van der Waals surface area contributed by atoms with Crippen LogP contribution in [0.25, 0.3) is 0 Å². The van der Waals surface area contributed by atoms with Gasteiger partial charge in [0, 0.05) is 13.6 Å². The van der Waals surface area contributed by atoms with Crippen molar-refractivity contribution in [2.75, 3.05) is 20.1 Å². The second-order valence-electron chi connectivity index (χ2n) is 4.44. The van der Waals surface area contributed by atoms with Gasteiger partial charge < -0.3 is 10.2 Å². The smallest absolute Gasteiger partial charge is 0.239 e. The van der Waals surface area contributed by atoms with E-state index in [1.165, 1.54) is 12.1 Å². The maximum Gasteiger partial charge on any atom is 0.239 e. The number of likely N-dealkylation sites (N-methyl/N-ethyl adjacent to an activating group) is 1. The molecule has 0 spiro atoms. The van der Waals surface area contributed by atoms with Crippen LogP contribution < -0.4 is 5.32 Å². The summed E-state index contributed by atoms with van der Waals surface area (Å²) in [7, 11) is 1.82. The van der Waals surface area contributed by atoms with Crippen molar-refractivity contribution in [2.45, 2.75) is 18.9 Å². The highest BCUT2D eigenvalue weighted by molar-refractivity contribution is 5.83. The fourth-order valence-corrected chi connectivity index (χ4v) is 2.10. The molecule has 1 aromatic rings. The molecule has 0 aliphatic carbocycles. The quantitative estimate of drug-likeness (QED) is 0.851. The van der Waals surface area contributed by atoms with Gasteiger partial charge in [0.25, 0.3) is 0 Å². The number of carbonyl (C=O) groups excluding carboxylic acids is 1. The molecule has 1 aliphatic heterocycles. The fraction of sp³-hybridized carbons (Fsp3) is 0.462. The lowest BCUT2D eigenvalue weighted by Gasteiger charge is -2.12. The van der Waals surface area contributed by atoms with Crippen LogP contribution >= 0.6 is 0 Å². The molecular weight excluding hydrogens is 219 g/mol. The summed E-state index contributed by atoms with van der Waals surface area (Å²) >= 11 is 0. The molecular formula is C13H17FN2O. The highest BCUT2D eigenvalue weighted by Crippen LogP contribution is 2.09. The predicted octanol–water partition coefficient (Wildman–Crippen LogP) is 1.19. The van der Waals surface area contributed by atoms with Crippen molar-refractivity contribution in [2.24, 2.45) is 0 Å². The van der Waals surface area contributed by atoms with Crippen molar-refractivity contribution in [3.8, 4) is 0 Å². The van der Waals surface area contributed by atoms with E-state index in [2.05, 4.69) is 5.32 Å². The van der Waals surface area contributed by atoms with E-state index in [-0.39, 0.29) is 17.8 Å². The molecule has 0 bridgehead atoms. The second-order valence-corrected chi connectivity index (χ2v) is 4.44. The predicted molar refractivity (Wildman–Crippen MR) is 64.1 cm³/mol. The van der Waals surface area contributed by atoms with Crippen molar-refractivity contribution in [1.29, 1.82) is 0 Å². The number of nitrogens with one attached hydrogen (secondary N) is 1. The van der Waals surface area contributed by atoms with Crippen molar-refractivity contribution in [1.82, 2.24) is 10.2 Å². The molecule has 1 saturated heterocycles. The maximum atomic E-state index is 12.9. The topological polar surface area (TPSA) is 32.3 Å². The molecule has 92 valence electrons. The van der Waals surface area contributed by atoms with Crippen molar-refractivity contribution >= 4 is 5.91 Å². The SMILES string of the molecule is CN1CCC(NCCc2cccc(F)c2)C1=O. The van der Waals surface area contributed by atoms with Gasteiger partial charge in [0.05, 0.1) is 6.04 Å². The summed E-state index contributed by atoms with van der Waals surface area (Å²) in [6.07, 6.45) is 1.60. The Bertz CT molecular complexity index is 408. The molecule has 1 aliphatic rings. The average molecular weight is 236 g/mol. The summed E-state index contributed by atoms with van der Waals surface area (Å²) < 4.78 is 12.9. The average Bonchev–Trinajstić information content (AvgIpc) is 2.61. The van der Waals surface area contributed by atoms with Gasteiger partial charge in [-0.05, 0) is 37.1 Å². The summed E-state index contributed by atoms with van der Waals surface area (Å²) in [5.41, 5.74) is 0.955. The van der Waals surface area contributed by atoms with E-state index < -0.39 is 0 Å². The number of hydrogen-bond donors (Lipinski definition) is 1. The molecule has 0 aromatic heterocycles. The Hall–Kier alpha value is -1.42. The van der Waals surface area contributed by atoms with E-state index in [4.69, 9.17) is 0 Å². The fourth-order valence-electron chi connectivity index (χ4n) is 2.10. The molecule has 1 fully saturated rings. The van der Waals surface area contributed by atoms with Crippen molar-refractivity contribution in [3.63, 3.8) is 0 Å². The number of halogens is 1. The summed E-state index contributed by atoms with van der Waals surface area (Å²) in [6, 6.07) is 6.51. The number of nitrogens with zero attached hydrogens (tertiary/aromatic N) is 1. The van der Waals surface area contributed by atoms with Gasteiger partial charge in [-0.1, -0.05) is 12.1 Å². The van der Waals surface area contributed by atoms with E-state index in [0.29, 0.717) is 6.54 Å². The van der Waals surface area contributed by atoms with Gasteiger partial charge in [0.2, 0.25) is 5.91 Å². The number of amides is 1. The summed E-state index contributed by atoms with van der Waals surface area (Å²) in [6.45, 7) is 1.52. The molecule has 0 saturated carbocycles. The Balaban J connectivity index is 1.78. The molecule has 0 radical (unpaired) electrons. The molecule has 1 heterocycles. The van der Waals surface area contributed by atoms with E-state index in [1.807, 2.05) is 13.1 Å². The zero-order chi connectivity index (χ0) is 12.3. The Morgan fingerprint density at radius 2 is 2.35 bits per heavy atom. The lowest BCUT2D eigenvalue weighted by atomic mass is 10.1. The third kappa shape index (κ3) is 3.03. The Kier molecular flexibility index (Phi) is 3.74. The third-order valence-corrected chi connectivity index (χ3v) is 3.12. The largest absolute Gasteiger partial charge is 0.344 e. The zero-order valence-corrected chi connectivity index (χ0v) is 9.95. The number of carbonyl (C=O) groups is 1. The van der Waals surface area contributed by atoms with Gasteiger partial charge >= 0.3 is 0 Å². The van der Waals surface area contributed by atoms with E-state index in [9.17, 15) is 9.18 Å². The van der Waals surface area contributed by atoms with Gasteiger partial charge in [0.1, 0.15) is 5.82 Å². The summed E-state index contributed by atoms with van der Waals surface area (Å²) in [5.74, 6) is -0.0524. The Labute approximate surface area is 101 Å². The van der Waals surface area contributed by atoms with Crippen molar-refractivity contribution in [3.05, 3.63) is 35.6 Å². The summed E-state index contributed by atoms with van der Waals surface area (Å²) in [4.78, 5) is 13.3. The minimum Gasteiger partial charge on any atom is -0.344 e. The molecule has 4 heteroatoms. The molecule has 1 N–H and O–H groups in total. The number of likely N-dealkylation sites (tertiary alicyclic amines) is 1. The number of hydrogen-bond acceptors (Lipinski definition) is 2. The van der Waals surface area contributed by atoms with E-state index in [0.717, 1.165) is 24.9 Å². The molecule has 2 rings (SSSR count). The van der Waals surface area contributed by atoms with Crippen LogP contribution in [0, 0.1) is 5.82 Å². The lowest BCUT2D eigenvalue weighted by Crippen LogP contribution is -2.37. The van der Waals surface area contributed by atoms with Crippen LogP contribution in [-0.4, -0.2) is 37.0 Å². The lowest BCUT2D eigenvalue weighted by molar-refractivity contribution is -0.128. The minimum atomic E-state index is -0.209. The molecule has 3 nitrogen and oxygen atoms in total. The number of benzene rings is 1.